The average Bonchev–Trinajstić information content (AvgIpc) is 2.10. The first-order valence-electron chi connectivity index (χ1n) is 4.81. The van der Waals surface area contributed by atoms with Gasteiger partial charge in [-0.2, -0.15) is 0 Å². The molecule has 4 N–H and O–H groups in total. The zero-order valence-electron chi connectivity index (χ0n) is 8.29. The molecule has 13 heavy (non-hydrogen) atoms. The highest BCUT2D eigenvalue weighted by molar-refractivity contribution is 5.79. The van der Waals surface area contributed by atoms with Crippen LogP contribution in [0.4, 0.5) is 0 Å². The molecular formula is C9H20N2O2. The third-order valence-corrected chi connectivity index (χ3v) is 1.83. The van der Waals surface area contributed by atoms with Gasteiger partial charge in [0, 0.05) is 13.2 Å². The van der Waals surface area contributed by atoms with Crippen molar-refractivity contribution in [3.63, 3.8) is 0 Å². The minimum absolute atomic E-state index is 0.461. The van der Waals surface area contributed by atoms with E-state index < -0.39 is 11.9 Å². The van der Waals surface area contributed by atoms with Gasteiger partial charge in [-0.25, -0.2) is 0 Å². The molecule has 1 amide bonds. The number of ether oxygens (including phenoxy) is 1. The molecule has 0 aromatic carbocycles. The summed E-state index contributed by atoms with van der Waals surface area (Å²) in [6.07, 6.45) is 3.95. The monoisotopic (exact) mass is 188 g/mol. The Morgan fingerprint density at radius 3 is 2.62 bits per heavy atom. The van der Waals surface area contributed by atoms with Gasteiger partial charge in [0.2, 0.25) is 5.91 Å². The van der Waals surface area contributed by atoms with Crippen LogP contribution in [0.25, 0.3) is 0 Å². The van der Waals surface area contributed by atoms with Crippen LogP contribution in [0, 0.1) is 0 Å². The maximum absolute atomic E-state index is 10.5. The number of carbonyl (C=O) groups is 1. The first kappa shape index (κ1) is 12.4. The molecule has 0 aromatic heterocycles. The quantitative estimate of drug-likeness (QED) is 0.541. The zero-order chi connectivity index (χ0) is 10.1. The molecule has 4 heteroatoms. The van der Waals surface area contributed by atoms with Gasteiger partial charge in [0.25, 0.3) is 0 Å². The van der Waals surface area contributed by atoms with E-state index >= 15 is 0 Å². The third kappa shape index (κ3) is 7.74. The van der Waals surface area contributed by atoms with Crippen molar-refractivity contribution in [3.8, 4) is 0 Å². The highest BCUT2D eigenvalue weighted by Crippen LogP contribution is 1.95. The van der Waals surface area contributed by atoms with Gasteiger partial charge in [0.05, 0.1) is 6.04 Å². The van der Waals surface area contributed by atoms with E-state index in [0.717, 1.165) is 13.0 Å². The van der Waals surface area contributed by atoms with E-state index in [9.17, 15) is 4.79 Å². The largest absolute Gasteiger partial charge is 0.381 e. The van der Waals surface area contributed by atoms with Crippen LogP contribution in [-0.4, -0.2) is 25.2 Å². The highest BCUT2D eigenvalue weighted by atomic mass is 16.5. The molecule has 4 nitrogen and oxygen atoms in total. The summed E-state index contributed by atoms with van der Waals surface area (Å²) in [7, 11) is 0. The Morgan fingerprint density at radius 1 is 1.38 bits per heavy atom. The fourth-order valence-electron chi connectivity index (χ4n) is 0.909. The second-order valence-electron chi connectivity index (χ2n) is 3.12. The van der Waals surface area contributed by atoms with Crippen molar-refractivity contribution in [1.82, 2.24) is 0 Å². The molecular weight excluding hydrogens is 168 g/mol. The van der Waals surface area contributed by atoms with Crippen LogP contribution in [-0.2, 0) is 9.53 Å². The molecule has 0 fully saturated rings. The third-order valence-electron chi connectivity index (χ3n) is 1.83. The van der Waals surface area contributed by atoms with Crippen LogP contribution in [0.3, 0.4) is 0 Å². The van der Waals surface area contributed by atoms with Crippen LogP contribution in [0.2, 0.25) is 0 Å². The second kappa shape index (κ2) is 8.01. The standard InChI is InChI=1S/C9H20N2O2/c1-2-3-4-6-13-7-5-8(10)9(11)12/h8H,2-7,10H2,1H3,(H2,11,12). The maximum atomic E-state index is 10.5. The number of hydrogen-bond acceptors (Lipinski definition) is 3. The van der Waals surface area contributed by atoms with Crippen LogP contribution in [0.5, 0.6) is 0 Å². The highest BCUT2D eigenvalue weighted by Gasteiger charge is 2.07. The molecule has 0 aliphatic rings. The van der Waals surface area contributed by atoms with Crippen molar-refractivity contribution in [1.29, 1.82) is 0 Å². The Labute approximate surface area is 79.6 Å². The van der Waals surface area contributed by atoms with Gasteiger partial charge < -0.3 is 16.2 Å². The zero-order valence-corrected chi connectivity index (χ0v) is 8.29. The van der Waals surface area contributed by atoms with E-state index in [2.05, 4.69) is 6.92 Å². The molecule has 0 rings (SSSR count). The van der Waals surface area contributed by atoms with Crippen molar-refractivity contribution in [2.24, 2.45) is 11.5 Å². The summed E-state index contributed by atoms with van der Waals surface area (Å²) >= 11 is 0. The summed E-state index contributed by atoms with van der Waals surface area (Å²) in [5.74, 6) is -0.461. The lowest BCUT2D eigenvalue weighted by atomic mass is 10.2. The Morgan fingerprint density at radius 2 is 2.08 bits per heavy atom. The van der Waals surface area contributed by atoms with Crippen molar-refractivity contribution in [2.75, 3.05) is 13.2 Å². The van der Waals surface area contributed by atoms with Gasteiger partial charge in [-0.1, -0.05) is 19.8 Å². The first-order chi connectivity index (χ1) is 6.18. The molecule has 0 radical (unpaired) electrons. The Balaban J connectivity index is 3.11. The van der Waals surface area contributed by atoms with Crippen LogP contribution in [0.1, 0.15) is 32.6 Å². The molecule has 0 aliphatic carbocycles. The predicted molar refractivity (Wildman–Crippen MR) is 52.1 cm³/mol. The number of unbranched alkanes of at least 4 members (excludes halogenated alkanes) is 2. The number of carbonyl (C=O) groups excluding carboxylic acids is 1. The van der Waals surface area contributed by atoms with E-state index in [4.69, 9.17) is 16.2 Å². The lowest BCUT2D eigenvalue weighted by Crippen LogP contribution is -2.37. The fraction of sp³-hybridized carbons (Fsp3) is 0.889. The topological polar surface area (TPSA) is 78.3 Å². The SMILES string of the molecule is CCCCCOCCC(N)C(N)=O. The van der Waals surface area contributed by atoms with Crippen molar-refractivity contribution < 1.29 is 9.53 Å². The van der Waals surface area contributed by atoms with Crippen LogP contribution in [0.15, 0.2) is 0 Å². The summed E-state index contributed by atoms with van der Waals surface area (Å²) in [5.41, 5.74) is 10.4. The van der Waals surface area contributed by atoms with Crippen molar-refractivity contribution in [2.45, 2.75) is 38.6 Å². The van der Waals surface area contributed by atoms with Gasteiger partial charge in [-0.15, -0.1) is 0 Å². The van der Waals surface area contributed by atoms with Gasteiger partial charge in [-0.05, 0) is 12.8 Å². The number of nitrogens with two attached hydrogens (primary N) is 2. The summed E-state index contributed by atoms with van der Waals surface area (Å²) < 4.78 is 5.27. The van der Waals surface area contributed by atoms with Crippen LogP contribution >= 0.6 is 0 Å². The molecule has 78 valence electrons. The maximum Gasteiger partial charge on any atom is 0.234 e. The lowest BCUT2D eigenvalue weighted by molar-refractivity contribution is -0.119. The molecule has 0 saturated heterocycles. The Kier molecular flexibility index (Phi) is 7.63. The van der Waals surface area contributed by atoms with Gasteiger partial charge in [-0.3, -0.25) is 4.79 Å². The van der Waals surface area contributed by atoms with E-state index in [1.165, 1.54) is 12.8 Å². The van der Waals surface area contributed by atoms with Crippen molar-refractivity contribution in [3.05, 3.63) is 0 Å². The molecule has 1 unspecified atom stereocenters. The van der Waals surface area contributed by atoms with Gasteiger partial charge in [0.1, 0.15) is 0 Å². The van der Waals surface area contributed by atoms with E-state index in [1.54, 1.807) is 0 Å². The summed E-state index contributed by atoms with van der Waals surface area (Å²) in [5, 5.41) is 0. The molecule has 0 saturated carbocycles. The van der Waals surface area contributed by atoms with E-state index in [1.807, 2.05) is 0 Å². The molecule has 1 atom stereocenters. The fourth-order valence-corrected chi connectivity index (χ4v) is 0.909. The van der Waals surface area contributed by atoms with Crippen molar-refractivity contribution >= 4 is 5.91 Å². The summed E-state index contributed by atoms with van der Waals surface area (Å²) in [4.78, 5) is 10.5. The Bertz CT molecular complexity index is 140. The van der Waals surface area contributed by atoms with E-state index in [0.29, 0.717) is 13.0 Å². The molecule has 0 aliphatic heterocycles. The van der Waals surface area contributed by atoms with E-state index in [-0.39, 0.29) is 0 Å². The minimum atomic E-state index is -0.564. The number of hydrogen-bond donors (Lipinski definition) is 2. The van der Waals surface area contributed by atoms with Gasteiger partial charge in [0.15, 0.2) is 0 Å². The summed E-state index contributed by atoms with van der Waals surface area (Å²) in [6, 6.07) is -0.564. The first-order valence-corrected chi connectivity index (χ1v) is 4.81. The number of primary amides is 1. The van der Waals surface area contributed by atoms with Gasteiger partial charge >= 0.3 is 0 Å². The lowest BCUT2D eigenvalue weighted by Gasteiger charge is -2.07. The Hall–Kier alpha value is -0.610. The molecule has 0 spiro atoms. The number of rotatable bonds is 8. The smallest absolute Gasteiger partial charge is 0.234 e. The van der Waals surface area contributed by atoms with Crippen LogP contribution < -0.4 is 11.5 Å². The molecule has 0 heterocycles. The number of amides is 1. The average molecular weight is 188 g/mol. The normalized spacial score (nSPS) is 12.8. The second-order valence-corrected chi connectivity index (χ2v) is 3.12. The predicted octanol–water partition coefficient (Wildman–Crippen LogP) is 0.396. The minimum Gasteiger partial charge on any atom is -0.381 e. The molecule has 0 aromatic rings. The molecule has 0 bridgehead atoms. The summed E-state index contributed by atoms with van der Waals surface area (Å²) in [6.45, 7) is 3.41.